The van der Waals surface area contributed by atoms with Crippen LogP contribution in [0.4, 0.5) is 0 Å². The maximum atomic E-state index is 10.9. The van der Waals surface area contributed by atoms with Crippen molar-refractivity contribution in [3.63, 3.8) is 0 Å². The van der Waals surface area contributed by atoms with E-state index in [9.17, 15) is 13.2 Å². The molecule has 0 radical (unpaired) electrons. The molecule has 13 heavy (non-hydrogen) atoms. The second-order valence-electron chi connectivity index (χ2n) is 2.71. The normalized spacial score (nSPS) is 25.8. The summed E-state index contributed by atoms with van der Waals surface area (Å²) in [6, 6.07) is -1.09. The van der Waals surface area contributed by atoms with Crippen molar-refractivity contribution in [2.24, 2.45) is 5.14 Å². The van der Waals surface area contributed by atoms with Crippen LogP contribution in [-0.2, 0) is 15.0 Å². The molecule has 1 unspecified atom stereocenters. The minimum absolute atomic E-state index is 0.0891. The van der Waals surface area contributed by atoms with E-state index in [1.54, 1.807) is 0 Å². The average Bonchev–Trinajstić information content (AvgIpc) is 2.03. The third kappa shape index (κ3) is 2.37. The van der Waals surface area contributed by atoms with Crippen molar-refractivity contribution in [2.75, 3.05) is 19.6 Å². The summed E-state index contributed by atoms with van der Waals surface area (Å²) < 4.78 is 22.6. The molecule has 0 spiro atoms. The first-order valence-corrected chi connectivity index (χ1v) is 5.16. The SMILES string of the molecule is NS(=O)(=O)N1CCNCC1C(=O)O. The minimum Gasteiger partial charge on any atom is -0.480 e. The lowest BCUT2D eigenvalue weighted by Crippen LogP contribution is -2.58. The predicted molar refractivity (Wildman–Crippen MR) is 44.1 cm³/mol. The Morgan fingerprint density at radius 1 is 1.62 bits per heavy atom. The third-order valence-electron chi connectivity index (χ3n) is 1.81. The standard InChI is InChI=1S/C5H11N3O4S/c6-13(11,12)8-2-1-7-3-4(8)5(9)10/h4,7H,1-3H2,(H,9,10)(H2,6,11,12). The quantitative estimate of drug-likeness (QED) is 0.467. The molecular formula is C5H11N3O4S. The van der Waals surface area contributed by atoms with Crippen molar-refractivity contribution in [2.45, 2.75) is 6.04 Å². The fourth-order valence-corrected chi connectivity index (χ4v) is 2.07. The molecule has 1 saturated heterocycles. The van der Waals surface area contributed by atoms with E-state index in [1.165, 1.54) is 0 Å². The molecular weight excluding hydrogens is 198 g/mol. The van der Waals surface area contributed by atoms with Crippen LogP contribution in [0, 0.1) is 0 Å². The van der Waals surface area contributed by atoms with Crippen molar-refractivity contribution in [3.05, 3.63) is 0 Å². The second kappa shape index (κ2) is 3.58. The molecule has 8 heteroatoms. The highest BCUT2D eigenvalue weighted by molar-refractivity contribution is 7.86. The summed E-state index contributed by atoms with van der Waals surface area (Å²) in [7, 11) is -3.91. The van der Waals surface area contributed by atoms with E-state index in [0.717, 1.165) is 4.31 Å². The number of hydrogen-bond donors (Lipinski definition) is 3. The highest BCUT2D eigenvalue weighted by Crippen LogP contribution is 2.06. The summed E-state index contributed by atoms with van der Waals surface area (Å²) in [4.78, 5) is 10.6. The number of nitrogens with two attached hydrogens (primary N) is 1. The Morgan fingerprint density at radius 2 is 2.23 bits per heavy atom. The van der Waals surface area contributed by atoms with Crippen LogP contribution in [0.1, 0.15) is 0 Å². The van der Waals surface area contributed by atoms with Gasteiger partial charge < -0.3 is 10.4 Å². The largest absolute Gasteiger partial charge is 0.480 e. The van der Waals surface area contributed by atoms with E-state index >= 15 is 0 Å². The lowest BCUT2D eigenvalue weighted by atomic mass is 10.2. The number of nitrogens with one attached hydrogen (secondary N) is 1. The molecule has 1 heterocycles. The van der Waals surface area contributed by atoms with E-state index in [4.69, 9.17) is 10.2 Å². The van der Waals surface area contributed by atoms with Crippen LogP contribution in [0.15, 0.2) is 0 Å². The van der Waals surface area contributed by atoms with Crippen molar-refractivity contribution in [1.82, 2.24) is 9.62 Å². The van der Waals surface area contributed by atoms with Crippen LogP contribution < -0.4 is 10.5 Å². The molecule has 1 aliphatic rings. The molecule has 1 fully saturated rings. The summed E-state index contributed by atoms with van der Waals surface area (Å²) in [5, 5.41) is 16.3. The van der Waals surface area contributed by atoms with Gasteiger partial charge in [0.25, 0.3) is 10.2 Å². The maximum Gasteiger partial charge on any atom is 0.323 e. The van der Waals surface area contributed by atoms with Gasteiger partial charge in [0.1, 0.15) is 6.04 Å². The monoisotopic (exact) mass is 209 g/mol. The highest BCUT2D eigenvalue weighted by atomic mass is 32.2. The lowest BCUT2D eigenvalue weighted by Gasteiger charge is -2.30. The number of carboxylic acid groups (broad SMARTS) is 1. The number of nitrogens with zero attached hydrogens (tertiary/aromatic N) is 1. The summed E-state index contributed by atoms with van der Waals surface area (Å²) in [5.41, 5.74) is 0. The molecule has 1 aliphatic heterocycles. The van der Waals surface area contributed by atoms with Crippen LogP contribution in [0.2, 0.25) is 0 Å². The topological polar surface area (TPSA) is 113 Å². The predicted octanol–water partition coefficient (Wildman–Crippen LogP) is -2.45. The number of carboxylic acids is 1. The first kappa shape index (κ1) is 10.4. The smallest absolute Gasteiger partial charge is 0.323 e. The zero-order valence-electron chi connectivity index (χ0n) is 6.80. The molecule has 0 aliphatic carbocycles. The van der Waals surface area contributed by atoms with Gasteiger partial charge in [-0.15, -0.1) is 0 Å². The van der Waals surface area contributed by atoms with Gasteiger partial charge in [0, 0.05) is 19.6 Å². The first-order valence-electron chi connectivity index (χ1n) is 3.66. The molecule has 4 N–H and O–H groups in total. The molecule has 1 atom stereocenters. The third-order valence-corrected chi connectivity index (χ3v) is 2.90. The van der Waals surface area contributed by atoms with E-state index in [0.29, 0.717) is 6.54 Å². The summed E-state index contributed by atoms with van der Waals surface area (Å²) in [5.74, 6) is -1.19. The Bertz CT molecular complexity index is 301. The lowest BCUT2D eigenvalue weighted by molar-refractivity contribution is -0.141. The molecule has 0 aromatic carbocycles. The van der Waals surface area contributed by atoms with Gasteiger partial charge in [0.05, 0.1) is 0 Å². The van der Waals surface area contributed by atoms with Crippen LogP contribution in [-0.4, -0.2) is 49.5 Å². The molecule has 0 aromatic heterocycles. The Kier molecular flexibility index (Phi) is 2.86. The van der Waals surface area contributed by atoms with Gasteiger partial charge in [-0.2, -0.15) is 12.7 Å². The van der Waals surface area contributed by atoms with Crippen molar-refractivity contribution in [3.8, 4) is 0 Å². The Labute approximate surface area is 75.7 Å². The van der Waals surface area contributed by atoms with E-state index in [-0.39, 0.29) is 13.1 Å². The van der Waals surface area contributed by atoms with E-state index < -0.39 is 22.2 Å². The number of hydrogen-bond acceptors (Lipinski definition) is 4. The van der Waals surface area contributed by atoms with Crippen LogP contribution in [0.25, 0.3) is 0 Å². The van der Waals surface area contributed by atoms with Gasteiger partial charge >= 0.3 is 5.97 Å². The van der Waals surface area contributed by atoms with Gasteiger partial charge in [-0.25, -0.2) is 5.14 Å². The molecule has 0 bridgehead atoms. The zero-order chi connectivity index (χ0) is 10.1. The average molecular weight is 209 g/mol. The summed E-state index contributed by atoms with van der Waals surface area (Å²) >= 11 is 0. The molecule has 0 amide bonds. The highest BCUT2D eigenvalue weighted by Gasteiger charge is 2.34. The summed E-state index contributed by atoms with van der Waals surface area (Å²) in [6.45, 7) is 0.599. The fourth-order valence-electron chi connectivity index (χ4n) is 1.20. The van der Waals surface area contributed by atoms with Gasteiger partial charge in [-0.05, 0) is 0 Å². The molecule has 0 aromatic rings. The minimum atomic E-state index is -3.91. The van der Waals surface area contributed by atoms with Crippen molar-refractivity contribution >= 4 is 16.2 Å². The van der Waals surface area contributed by atoms with E-state index in [1.807, 2.05) is 0 Å². The number of carbonyl (C=O) groups is 1. The second-order valence-corrected chi connectivity index (χ2v) is 4.21. The van der Waals surface area contributed by atoms with Crippen LogP contribution in [0.3, 0.4) is 0 Å². The molecule has 76 valence electrons. The van der Waals surface area contributed by atoms with Crippen LogP contribution in [0.5, 0.6) is 0 Å². The Hall–Kier alpha value is -0.700. The molecule has 1 rings (SSSR count). The van der Waals surface area contributed by atoms with Gasteiger partial charge in [0.2, 0.25) is 0 Å². The summed E-state index contributed by atoms with van der Waals surface area (Å²) in [6.07, 6.45) is 0. The first-order chi connectivity index (χ1) is 5.93. The Morgan fingerprint density at radius 3 is 2.62 bits per heavy atom. The molecule has 7 nitrogen and oxygen atoms in total. The maximum absolute atomic E-state index is 10.9. The zero-order valence-corrected chi connectivity index (χ0v) is 7.62. The van der Waals surface area contributed by atoms with Crippen molar-refractivity contribution in [1.29, 1.82) is 0 Å². The number of aliphatic carboxylic acids is 1. The fraction of sp³-hybridized carbons (Fsp3) is 0.800. The van der Waals surface area contributed by atoms with Crippen LogP contribution >= 0.6 is 0 Å². The Balaban J connectivity index is 2.86. The molecule has 0 saturated carbocycles. The van der Waals surface area contributed by atoms with Crippen molar-refractivity contribution < 1.29 is 18.3 Å². The van der Waals surface area contributed by atoms with Gasteiger partial charge in [-0.3, -0.25) is 4.79 Å². The van der Waals surface area contributed by atoms with Gasteiger partial charge in [-0.1, -0.05) is 0 Å². The van der Waals surface area contributed by atoms with Gasteiger partial charge in [0.15, 0.2) is 0 Å². The van der Waals surface area contributed by atoms with E-state index in [2.05, 4.69) is 5.32 Å². The number of rotatable bonds is 2. The number of piperazine rings is 1.